The Bertz CT molecular complexity index is 1860. The molecule has 11 nitrogen and oxygen atoms in total. The molecule has 2 heterocycles. The zero-order chi connectivity index (χ0) is 36.2. The number of hydrogen-bond acceptors (Lipinski definition) is 10. The van der Waals surface area contributed by atoms with E-state index in [1.807, 2.05) is 19.1 Å². The summed E-state index contributed by atoms with van der Waals surface area (Å²) in [7, 11) is 2.82. The molecule has 0 radical (unpaired) electrons. The molecule has 0 amide bonds. The van der Waals surface area contributed by atoms with Gasteiger partial charge in [-0.05, 0) is 75.2 Å². The first-order valence-corrected chi connectivity index (χ1v) is 16.2. The van der Waals surface area contributed by atoms with Gasteiger partial charge in [-0.2, -0.15) is 0 Å². The lowest BCUT2D eigenvalue weighted by Crippen LogP contribution is -2.49. The normalized spacial score (nSPS) is 15.6. The average molecular weight is 693 g/mol. The number of fused-ring (bicyclic) bond motifs is 1. The molecule has 1 atom stereocenters. The number of alkyl halides is 2. The number of esters is 1. The van der Waals surface area contributed by atoms with E-state index in [1.54, 1.807) is 87.5 Å². The molecule has 4 aromatic rings. The van der Waals surface area contributed by atoms with Gasteiger partial charge in [0.15, 0.2) is 0 Å². The molecule has 0 bridgehead atoms. The number of aryl methyl sites for hydroxylation is 1. The van der Waals surface area contributed by atoms with E-state index in [0.29, 0.717) is 42.0 Å². The van der Waals surface area contributed by atoms with Crippen LogP contribution in [0.1, 0.15) is 64.2 Å². The van der Waals surface area contributed by atoms with Crippen LogP contribution in [0, 0.1) is 6.92 Å². The molecular formula is C37H42F2N4O7. The molecule has 5 rings (SSSR count). The number of nitrogens with one attached hydrogen (secondary N) is 1. The minimum Gasteiger partial charge on any atom is -0.496 e. The van der Waals surface area contributed by atoms with Crippen molar-refractivity contribution in [3.63, 3.8) is 0 Å². The largest absolute Gasteiger partial charge is 0.496 e. The van der Waals surface area contributed by atoms with Crippen molar-refractivity contribution in [1.82, 2.24) is 14.4 Å². The molecular weight excluding hydrogens is 650 g/mol. The van der Waals surface area contributed by atoms with Crippen LogP contribution in [0.3, 0.4) is 0 Å². The number of aromatic nitrogens is 1. The van der Waals surface area contributed by atoms with E-state index in [9.17, 15) is 23.2 Å². The van der Waals surface area contributed by atoms with Crippen molar-refractivity contribution in [2.24, 2.45) is 0 Å². The second-order valence-corrected chi connectivity index (χ2v) is 13.1. The fourth-order valence-corrected chi connectivity index (χ4v) is 6.19. The van der Waals surface area contributed by atoms with Crippen molar-refractivity contribution >= 4 is 34.6 Å². The Morgan fingerprint density at radius 2 is 1.72 bits per heavy atom. The number of nitrogens with zero attached hydrogens (tertiary/aromatic N) is 3. The summed E-state index contributed by atoms with van der Waals surface area (Å²) in [5.74, 6) is -0.708. The number of piperazine rings is 1. The monoisotopic (exact) mass is 692 g/mol. The predicted octanol–water partition coefficient (Wildman–Crippen LogP) is 6.84. The molecule has 1 aliphatic heterocycles. The summed E-state index contributed by atoms with van der Waals surface area (Å²) in [6, 6.07) is 16.6. The SMILES string of the molecule is COC(=O)c1ccc(C2CN(CC(F)F)CCN2Cc2c(OC)cc(C)c3c2ccn3C(=O)OC(C)(C)C)cc1NOC(=O)c1ccccc1. The number of carbonyl (C=O) groups is 3. The Morgan fingerprint density at radius 1 is 0.980 bits per heavy atom. The van der Waals surface area contributed by atoms with Crippen LogP contribution in [0.15, 0.2) is 66.9 Å². The second-order valence-electron chi connectivity index (χ2n) is 13.1. The molecule has 3 aromatic carbocycles. The van der Waals surface area contributed by atoms with Crippen LogP contribution in [0.25, 0.3) is 10.9 Å². The fourth-order valence-electron chi connectivity index (χ4n) is 6.19. The maximum Gasteiger partial charge on any atom is 0.419 e. The van der Waals surface area contributed by atoms with Crippen molar-refractivity contribution in [2.75, 3.05) is 45.9 Å². The standard InChI is InChI=1S/C37H42F2N4O7/c1-23-18-31(47-5)28(26-14-15-43(33(23)26)36(46)49-37(2,3)4)20-42-17-16-41(22-32(38)39)21-30(42)25-12-13-27(35(45)48-6)29(19-25)40-50-34(44)24-10-8-7-9-11-24/h7-15,18-19,30,32,40H,16-17,20-22H2,1-6H3. The van der Waals surface area contributed by atoms with Gasteiger partial charge in [0.1, 0.15) is 11.4 Å². The zero-order valence-corrected chi connectivity index (χ0v) is 29.0. The molecule has 0 spiro atoms. The van der Waals surface area contributed by atoms with Crippen molar-refractivity contribution in [3.05, 3.63) is 94.7 Å². The first-order chi connectivity index (χ1) is 23.8. The quantitative estimate of drug-likeness (QED) is 0.108. The van der Waals surface area contributed by atoms with E-state index < -0.39 is 42.6 Å². The first-order valence-electron chi connectivity index (χ1n) is 16.2. The zero-order valence-electron chi connectivity index (χ0n) is 29.0. The topological polar surface area (TPSA) is 112 Å². The number of ether oxygens (including phenoxy) is 3. The van der Waals surface area contributed by atoms with E-state index >= 15 is 0 Å². The number of halogens is 2. The van der Waals surface area contributed by atoms with Gasteiger partial charge >= 0.3 is 18.0 Å². The molecule has 1 aliphatic rings. The van der Waals surface area contributed by atoms with Gasteiger partial charge in [0.05, 0.1) is 43.1 Å². The predicted molar refractivity (Wildman–Crippen MR) is 184 cm³/mol. The molecule has 1 aromatic heterocycles. The van der Waals surface area contributed by atoms with Crippen LogP contribution in [-0.2, 0) is 20.9 Å². The van der Waals surface area contributed by atoms with Gasteiger partial charge in [0, 0.05) is 49.4 Å². The molecule has 1 N–H and O–H groups in total. The lowest BCUT2D eigenvalue weighted by atomic mass is 9.97. The summed E-state index contributed by atoms with van der Waals surface area (Å²) in [5.41, 5.74) is 5.51. The Balaban J connectivity index is 1.53. The molecule has 50 heavy (non-hydrogen) atoms. The molecule has 13 heteroatoms. The maximum atomic E-state index is 13.6. The Hall–Kier alpha value is -5.01. The summed E-state index contributed by atoms with van der Waals surface area (Å²) < 4.78 is 45.2. The minimum absolute atomic E-state index is 0.120. The maximum absolute atomic E-state index is 13.6. The smallest absolute Gasteiger partial charge is 0.419 e. The Morgan fingerprint density at radius 3 is 2.38 bits per heavy atom. The van der Waals surface area contributed by atoms with Crippen LogP contribution < -0.4 is 10.2 Å². The van der Waals surface area contributed by atoms with E-state index in [0.717, 1.165) is 16.5 Å². The highest BCUT2D eigenvalue weighted by molar-refractivity contribution is 5.97. The summed E-state index contributed by atoms with van der Waals surface area (Å²) in [6.45, 7) is 8.30. The van der Waals surface area contributed by atoms with Crippen molar-refractivity contribution < 1.29 is 42.2 Å². The van der Waals surface area contributed by atoms with Gasteiger partial charge < -0.3 is 19.0 Å². The van der Waals surface area contributed by atoms with Crippen LogP contribution >= 0.6 is 0 Å². The van der Waals surface area contributed by atoms with Crippen molar-refractivity contribution in [1.29, 1.82) is 0 Å². The number of hydrogen-bond donors (Lipinski definition) is 1. The van der Waals surface area contributed by atoms with E-state index in [1.165, 1.54) is 11.7 Å². The number of carbonyl (C=O) groups excluding carboxylic acids is 3. The summed E-state index contributed by atoms with van der Waals surface area (Å²) >= 11 is 0. The van der Waals surface area contributed by atoms with Crippen LogP contribution in [0.5, 0.6) is 5.75 Å². The summed E-state index contributed by atoms with van der Waals surface area (Å²) in [6.07, 6.45) is -1.36. The lowest BCUT2D eigenvalue weighted by Gasteiger charge is -2.42. The second kappa shape index (κ2) is 15.3. The van der Waals surface area contributed by atoms with Gasteiger partial charge in [-0.1, -0.05) is 24.3 Å². The molecule has 266 valence electrons. The van der Waals surface area contributed by atoms with E-state index in [4.69, 9.17) is 19.0 Å². The third-order valence-corrected chi connectivity index (χ3v) is 8.47. The van der Waals surface area contributed by atoms with Crippen molar-refractivity contribution in [3.8, 4) is 5.75 Å². The molecule has 0 saturated carbocycles. The fraction of sp³-hybridized carbons (Fsp3) is 0.378. The highest BCUT2D eigenvalue weighted by Crippen LogP contribution is 2.37. The van der Waals surface area contributed by atoms with Gasteiger partial charge in [0.2, 0.25) is 0 Å². The van der Waals surface area contributed by atoms with E-state index in [-0.39, 0.29) is 17.8 Å². The Labute approximate surface area is 289 Å². The van der Waals surface area contributed by atoms with Gasteiger partial charge in [-0.15, -0.1) is 0 Å². The summed E-state index contributed by atoms with van der Waals surface area (Å²) in [5, 5.41) is 0.790. The molecule has 1 unspecified atom stereocenters. The van der Waals surface area contributed by atoms with E-state index in [2.05, 4.69) is 10.4 Å². The lowest BCUT2D eigenvalue weighted by molar-refractivity contribution is 0.0245. The van der Waals surface area contributed by atoms with Crippen LogP contribution in [0.4, 0.5) is 19.3 Å². The molecule has 1 fully saturated rings. The Kier molecular flexibility index (Phi) is 11.1. The van der Waals surface area contributed by atoms with Crippen molar-refractivity contribution in [2.45, 2.75) is 52.3 Å². The van der Waals surface area contributed by atoms with Crippen LogP contribution in [0.2, 0.25) is 0 Å². The number of benzene rings is 3. The third kappa shape index (κ3) is 8.23. The highest BCUT2D eigenvalue weighted by Gasteiger charge is 2.32. The number of anilines is 1. The van der Waals surface area contributed by atoms with Crippen LogP contribution in [-0.4, -0.2) is 84.8 Å². The average Bonchev–Trinajstić information content (AvgIpc) is 3.54. The van der Waals surface area contributed by atoms with Gasteiger partial charge in [0.25, 0.3) is 6.43 Å². The third-order valence-electron chi connectivity index (χ3n) is 8.47. The summed E-state index contributed by atoms with van der Waals surface area (Å²) in [4.78, 5) is 47.8. The van der Waals surface area contributed by atoms with Gasteiger partial charge in [-0.3, -0.25) is 14.4 Å². The molecule has 1 saturated heterocycles. The van der Waals surface area contributed by atoms with Gasteiger partial charge in [-0.25, -0.2) is 28.6 Å². The minimum atomic E-state index is -2.53. The highest BCUT2D eigenvalue weighted by atomic mass is 19.3. The number of rotatable bonds is 10. The first kappa shape index (κ1) is 36.3. The number of methoxy groups -OCH3 is 2. The molecule has 0 aliphatic carbocycles.